The Morgan fingerprint density at radius 2 is 2.09 bits per heavy atom. The van der Waals surface area contributed by atoms with Gasteiger partial charge in [0.25, 0.3) is 5.91 Å². The molecule has 2 atom stereocenters. The number of benzene rings is 1. The lowest BCUT2D eigenvalue weighted by Crippen LogP contribution is -2.53. The summed E-state index contributed by atoms with van der Waals surface area (Å²) in [6.45, 7) is 2.06. The summed E-state index contributed by atoms with van der Waals surface area (Å²) >= 11 is 0. The number of fused-ring (bicyclic) bond motifs is 1. The highest BCUT2D eigenvalue weighted by molar-refractivity contribution is 6.05. The molecule has 3 rings (SSSR count). The van der Waals surface area contributed by atoms with Crippen LogP contribution in [-0.2, 0) is 16.0 Å². The number of amides is 3. The Kier molecular flexibility index (Phi) is 3.70. The average molecular weight is 302 g/mol. The number of imide groups is 1. The molecule has 2 aliphatic heterocycles. The van der Waals surface area contributed by atoms with Crippen LogP contribution in [0.4, 0.5) is 0 Å². The topological polar surface area (TPSA) is 86.7 Å². The number of nitrogens with one attached hydrogen (secondary N) is 1. The maximum Gasteiger partial charge on any atom is 0.257 e. The normalized spacial score (nSPS) is 24.5. The molecule has 1 saturated heterocycles. The minimum absolute atomic E-state index is 0.171. The molecule has 0 aromatic heterocycles. The monoisotopic (exact) mass is 302 g/mol. The van der Waals surface area contributed by atoms with E-state index in [1.54, 1.807) is 12.1 Å². The minimum Gasteiger partial charge on any atom is -0.369 e. The third-order valence-electron chi connectivity index (χ3n) is 4.21. The maximum absolute atomic E-state index is 12.6. The zero-order valence-corrected chi connectivity index (χ0v) is 12.3. The van der Waals surface area contributed by atoms with E-state index in [0.717, 1.165) is 18.4 Å². The molecule has 6 nitrogen and oxygen atoms in total. The fraction of sp³-hybridized carbons (Fsp3) is 0.438. The fourth-order valence-electron chi connectivity index (χ4n) is 3.12. The Morgan fingerprint density at radius 1 is 1.32 bits per heavy atom. The Morgan fingerprint density at radius 3 is 2.77 bits per heavy atom. The van der Waals surface area contributed by atoms with Crippen molar-refractivity contribution >= 4 is 17.7 Å². The van der Waals surface area contributed by atoms with Gasteiger partial charge in [-0.3, -0.25) is 24.6 Å². The molecule has 1 aromatic rings. The van der Waals surface area contributed by atoms with Gasteiger partial charge in [0.15, 0.2) is 6.23 Å². The van der Waals surface area contributed by atoms with E-state index in [4.69, 9.17) is 0 Å². The molecule has 2 heterocycles. The van der Waals surface area contributed by atoms with Gasteiger partial charge in [-0.25, -0.2) is 0 Å². The molecule has 6 heteroatoms. The predicted molar refractivity (Wildman–Crippen MR) is 77.7 cm³/mol. The van der Waals surface area contributed by atoms with Gasteiger partial charge in [0.1, 0.15) is 6.04 Å². The number of aryl methyl sites for hydroxylation is 1. The van der Waals surface area contributed by atoms with E-state index in [1.807, 2.05) is 6.07 Å². The molecular formula is C16H18N2O4. The molecule has 116 valence electrons. The quantitative estimate of drug-likeness (QED) is 0.812. The Balaban J connectivity index is 1.91. The lowest BCUT2D eigenvalue weighted by atomic mass is 10.0. The zero-order chi connectivity index (χ0) is 15.9. The lowest BCUT2D eigenvalue weighted by Gasteiger charge is -2.31. The first-order valence-corrected chi connectivity index (χ1v) is 7.50. The highest BCUT2D eigenvalue weighted by atomic mass is 16.3. The highest BCUT2D eigenvalue weighted by Gasteiger charge is 2.44. The number of carbonyl (C=O) groups excluding carboxylic acids is 3. The molecule has 0 spiro atoms. The van der Waals surface area contributed by atoms with Crippen LogP contribution in [0.2, 0.25) is 0 Å². The van der Waals surface area contributed by atoms with Gasteiger partial charge in [0.05, 0.1) is 0 Å². The van der Waals surface area contributed by atoms with E-state index < -0.39 is 18.2 Å². The van der Waals surface area contributed by atoms with Gasteiger partial charge >= 0.3 is 0 Å². The van der Waals surface area contributed by atoms with Crippen LogP contribution < -0.4 is 5.32 Å². The summed E-state index contributed by atoms with van der Waals surface area (Å²) in [5, 5.41) is 12.6. The van der Waals surface area contributed by atoms with Gasteiger partial charge in [-0.1, -0.05) is 25.5 Å². The van der Waals surface area contributed by atoms with E-state index in [0.29, 0.717) is 11.1 Å². The third-order valence-corrected chi connectivity index (χ3v) is 4.21. The number of carbonyl (C=O) groups is 3. The van der Waals surface area contributed by atoms with Crippen molar-refractivity contribution in [2.75, 3.05) is 0 Å². The molecule has 0 radical (unpaired) electrons. The van der Waals surface area contributed by atoms with Crippen LogP contribution in [0, 0.1) is 0 Å². The SMILES string of the molecule is CCCc1ccc2c(c1)C(=O)N(C1CCC(=O)NC1=O)C2O. The highest BCUT2D eigenvalue weighted by Crippen LogP contribution is 2.35. The van der Waals surface area contributed by atoms with Crippen LogP contribution >= 0.6 is 0 Å². The molecular weight excluding hydrogens is 284 g/mol. The Hall–Kier alpha value is -2.21. The van der Waals surface area contributed by atoms with Crippen molar-refractivity contribution in [3.8, 4) is 0 Å². The first-order valence-electron chi connectivity index (χ1n) is 7.50. The zero-order valence-electron chi connectivity index (χ0n) is 12.3. The summed E-state index contributed by atoms with van der Waals surface area (Å²) < 4.78 is 0. The first-order chi connectivity index (χ1) is 10.5. The largest absolute Gasteiger partial charge is 0.369 e. The predicted octanol–water partition coefficient (Wildman–Crippen LogP) is 0.891. The summed E-state index contributed by atoms with van der Waals surface area (Å²) in [4.78, 5) is 37.0. The second-order valence-corrected chi connectivity index (χ2v) is 5.72. The number of hydrogen-bond acceptors (Lipinski definition) is 4. The van der Waals surface area contributed by atoms with Crippen LogP contribution in [0.15, 0.2) is 18.2 Å². The van der Waals surface area contributed by atoms with Crippen molar-refractivity contribution in [3.05, 3.63) is 34.9 Å². The number of hydrogen-bond donors (Lipinski definition) is 2. The Labute approximate surface area is 128 Å². The molecule has 2 aliphatic rings. The second kappa shape index (κ2) is 5.53. The first kappa shape index (κ1) is 14.7. The van der Waals surface area contributed by atoms with Crippen LogP contribution in [0.25, 0.3) is 0 Å². The maximum atomic E-state index is 12.6. The van der Waals surface area contributed by atoms with Gasteiger partial charge in [0, 0.05) is 17.5 Å². The third kappa shape index (κ3) is 2.29. The standard InChI is InChI=1S/C16H18N2O4/c1-2-3-9-4-5-10-11(8-9)16(22)18(15(10)21)12-6-7-13(19)17-14(12)20/h4-5,8,12,15,21H,2-3,6-7H2,1H3,(H,17,19,20). The molecule has 0 aliphatic carbocycles. The molecule has 0 saturated carbocycles. The Bertz CT molecular complexity index is 656. The number of aliphatic hydroxyl groups excluding tert-OH is 1. The summed E-state index contributed by atoms with van der Waals surface area (Å²) in [6.07, 6.45) is 1.09. The van der Waals surface area contributed by atoms with E-state index >= 15 is 0 Å². The average Bonchev–Trinajstić information content (AvgIpc) is 2.72. The number of piperidine rings is 1. The number of nitrogens with zero attached hydrogens (tertiary/aromatic N) is 1. The molecule has 2 N–H and O–H groups in total. The number of aliphatic hydroxyl groups is 1. The van der Waals surface area contributed by atoms with Crippen LogP contribution in [0.5, 0.6) is 0 Å². The van der Waals surface area contributed by atoms with Crippen LogP contribution in [-0.4, -0.2) is 33.8 Å². The summed E-state index contributed by atoms with van der Waals surface area (Å²) in [5.74, 6) is -1.22. The summed E-state index contributed by atoms with van der Waals surface area (Å²) in [5.41, 5.74) is 2.00. The molecule has 1 fully saturated rings. The molecule has 3 amide bonds. The van der Waals surface area contributed by atoms with Crippen molar-refractivity contribution in [1.29, 1.82) is 0 Å². The van der Waals surface area contributed by atoms with E-state index in [2.05, 4.69) is 12.2 Å². The van der Waals surface area contributed by atoms with Crippen molar-refractivity contribution in [1.82, 2.24) is 10.2 Å². The van der Waals surface area contributed by atoms with E-state index in [1.165, 1.54) is 4.90 Å². The molecule has 0 bridgehead atoms. The van der Waals surface area contributed by atoms with Gasteiger partial charge in [-0.2, -0.15) is 0 Å². The van der Waals surface area contributed by atoms with Crippen molar-refractivity contribution < 1.29 is 19.5 Å². The van der Waals surface area contributed by atoms with Gasteiger partial charge in [-0.05, 0) is 24.5 Å². The van der Waals surface area contributed by atoms with Crippen molar-refractivity contribution in [2.24, 2.45) is 0 Å². The van der Waals surface area contributed by atoms with Crippen molar-refractivity contribution in [2.45, 2.75) is 44.9 Å². The molecule has 22 heavy (non-hydrogen) atoms. The van der Waals surface area contributed by atoms with Crippen LogP contribution in [0.1, 0.15) is 53.9 Å². The smallest absolute Gasteiger partial charge is 0.257 e. The van der Waals surface area contributed by atoms with Crippen molar-refractivity contribution in [3.63, 3.8) is 0 Å². The summed E-state index contributed by atoms with van der Waals surface area (Å²) in [6, 6.07) is 4.62. The fourth-order valence-corrected chi connectivity index (χ4v) is 3.12. The number of rotatable bonds is 3. The second-order valence-electron chi connectivity index (χ2n) is 5.72. The molecule has 2 unspecified atom stereocenters. The van der Waals surface area contributed by atoms with Gasteiger partial charge in [0.2, 0.25) is 11.8 Å². The van der Waals surface area contributed by atoms with E-state index in [9.17, 15) is 19.5 Å². The van der Waals surface area contributed by atoms with Crippen LogP contribution in [0.3, 0.4) is 0 Å². The molecule has 1 aromatic carbocycles. The van der Waals surface area contributed by atoms with E-state index in [-0.39, 0.29) is 24.7 Å². The van der Waals surface area contributed by atoms with Gasteiger partial charge in [-0.15, -0.1) is 0 Å². The minimum atomic E-state index is -1.14. The lowest BCUT2D eigenvalue weighted by molar-refractivity contribution is -0.139. The summed E-state index contributed by atoms with van der Waals surface area (Å²) in [7, 11) is 0. The van der Waals surface area contributed by atoms with Gasteiger partial charge < -0.3 is 5.11 Å².